The van der Waals surface area contributed by atoms with Crippen molar-refractivity contribution in [3.8, 4) is 0 Å². The van der Waals surface area contributed by atoms with Crippen molar-refractivity contribution in [1.82, 2.24) is 25.4 Å². The summed E-state index contributed by atoms with van der Waals surface area (Å²) in [7, 11) is 3.59. The molecule has 106 valence electrons. The zero-order valence-electron chi connectivity index (χ0n) is 11.7. The number of rotatable bonds is 6. The van der Waals surface area contributed by atoms with Crippen LogP contribution in [0.2, 0.25) is 0 Å². The summed E-state index contributed by atoms with van der Waals surface area (Å²) in [6, 6.07) is 5.38. The fraction of sp³-hybridized carbons (Fsp3) is 0.357. The predicted octanol–water partition coefficient (Wildman–Crippen LogP) is 0.434. The third-order valence-corrected chi connectivity index (χ3v) is 3.02. The number of carbonyl (C=O) groups is 1. The summed E-state index contributed by atoms with van der Waals surface area (Å²) in [4.78, 5) is 16.4. The molecule has 2 rings (SSSR count). The molecular weight excluding hydrogens is 254 g/mol. The van der Waals surface area contributed by atoms with Crippen molar-refractivity contribution in [2.24, 2.45) is 7.05 Å². The minimum absolute atomic E-state index is 0.0589. The molecule has 1 amide bonds. The van der Waals surface area contributed by atoms with E-state index in [1.807, 2.05) is 31.4 Å². The number of amides is 1. The van der Waals surface area contributed by atoms with E-state index in [1.165, 1.54) is 0 Å². The van der Waals surface area contributed by atoms with E-state index in [2.05, 4.69) is 20.7 Å². The number of hydrogen-bond donors (Lipinski definition) is 2. The normalized spacial score (nSPS) is 12.1. The highest BCUT2D eigenvalue weighted by Crippen LogP contribution is 2.10. The van der Waals surface area contributed by atoms with Crippen molar-refractivity contribution in [1.29, 1.82) is 0 Å². The van der Waals surface area contributed by atoms with Gasteiger partial charge in [-0.3, -0.25) is 14.5 Å². The first-order valence-electron chi connectivity index (χ1n) is 6.54. The van der Waals surface area contributed by atoms with Crippen molar-refractivity contribution < 1.29 is 4.79 Å². The van der Waals surface area contributed by atoms with Gasteiger partial charge < -0.3 is 10.6 Å². The summed E-state index contributed by atoms with van der Waals surface area (Å²) in [6.07, 6.45) is 6.00. The first-order valence-corrected chi connectivity index (χ1v) is 6.54. The second kappa shape index (κ2) is 6.81. The van der Waals surface area contributed by atoms with Crippen LogP contribution in [0.25, 0.3) is 0 Å². The summed E-state index contributed by atoms with van der Waals surface area (Å²) in [6.45, 7) is 0.564. The van der Waals surface area contributed by atoms with Crippen LogP contribution in [0.5, 0.6) is 0 Å². The summed E-state index contributed by atoms with van der Waals surface area (Å²) in [5, 5.41) is 9.99. The monoisotopic (exact) mass is 273 g/mol. The Balaban J connectivity index is 1.87. The zero-order valence-corrected chi connectivity index (χ0v) is 11.7. The standard InChI is InChI=1S/C14H19N5O/c1-15-13(11-9-18-19(2)10-11)14(20)17-8-6-12-5-3-4-7-16-12/h3-5,7,9-10,13,15H,6,8H2,1-2H3,(H,17,20). The lowest BCUT2D eigenvalue weighted by Crippen LogP contribution is -2.36. The van der Waals surface area contributed by atoms with E-state index in [0.717, 1.165) is 17.7 Å². The molecule has 0 bridgehead atoms. The summed E-state index contributed by atoms with van der Waals surface area (Å²) < 4.78 is 1.68. The number of aromatic nitrogens is 3. The molecule has 2 heterocycles. The van der Waals surface area contributed by atoms with Gasteiger partial charge in [0.1, 0.15) is 6.04 Å². The molecule has 0 radical (unpaired) electrons. The van der Waals surface area contributed by atoms with Gasteiger partial charge in [0.15, 0.2) is 0 Å². The van der Waals surface area contributed by atoms with Crippen LogP contribution >= 0.6 is 0 Å². The molecule has 0 aliphatic rings. The van der Waals surface area contributed by atoms with Gasteiger partial charge in [-0.25, -0.2) is 0 Å². The molecule has 2 aromatic rings. The fourth-order valence-corrected chi connectivity index (χ4v) is 2.00. The van der Waals surface area contributed by atoms with E-state index in [0.29, 0.717) is 6.54 Å². The van der Waals surface area contributed by atoms with Gasteiger partial charge in [0, 0.05) is 43.7 Å². The van der Waals surface area contributed by atoms with Gasteiger partial charge in [-0.2, -0.15) is 5.10 Å². The van der Waals surface area contributed by atoms with E-state index >= 15 is 0 Å². The Hall–Kier alpha value is -2.21. The number of pyridine rings is 1. The Bertz CT molecular complexity index is 552. The maximum absolute atomic E-state index is 12.1. The highest BCUT2D eigenvalue weighted by molar-refractivity contribution is 5.83. The number of hydrogen-bond acceptors (Lipinski definition) is 4. The van der Waals surface area contributed by atoms with Gasteiger partial charge in [0.25, 0.3) is 0 Å². The molecule has 1 atom stereocenters. The molecule has 2 aromatic heterocycles. The molecule has 0 saturated carbocycles. The molecule has 6 heteroatoms. The third kappa shape index (κ3) is 3.64. The molecule has 0 saturated heterocycles. The van der Waals surface area contributed by atoms with Crippen LogP contribution in [0.15, 0.2) is 36.8 Å². The second-order valence-electron chi connectivity index (χ2n) is 4.53. The second-order valence-corrected chi connectivity index (χ2v) is 4.53. The Morgan fingerprint density at radius 1 is 1.45 bits per heavy atom. The molecular formula is C14H19N5O. The third-order valence-electron chi connectivity index (χ3n) is 3.02. The van der Waals surface area contributed by atoms with E-state index in [4.69, 9.17) is 0 Å². The quantitative estimate of drug-likeness (QED) is 0.801. The molecule has 0 spiro atoms. The number of aryl methyl sites for hydroxylation is 1. The Morgan fingerprint density at radius 2 is 2.30 bits per heavy atom. The largest absolute Gasteiger partial charge is 0.354 e. The molecule has 0 aliphatic heterocycles. The van der Waals surface area contributed by atoms with Gasteiger partial charge in [-0.05, 0) is 19.2 Å². The van der Waals surface area contributed by atoms with Crippen LogP contribution < -0.4 is 10.6 Å². The van der Waals surface area contributed by atoms with Crippen molar-refractivity contribution >= 4 is 5.91 Å². The first kappa shape index (κ1) is 14.2. The molecule has 0 aromatic carbocycles. The lowest BCUT2D eigenvalue weighted by Gasteiger charge is -2.14. The van der Waals surface area contributed by atoms with Crippen molar-refractivity contribution in [2.75, 3.05) is 13.6 Å². The van der Waals surface area contributed by atoms with E-state index in [9.17, 15) is 4.79 Å². The van der Waals surface area contributed by atoms with Crippen LogP contribution in [0.3, 0.4) is 0 Å². The topological polar surface area (TPSA) is 71.8 Å². The summed E-state index contributed by atoms with van der Waals surface area (Å²) in [5.41, 5.74) is 1.82. The van der Waals surface area contributed by atoms with Gasteiger partial charge in [0.2, 0.25) is 5.91 Å². The maximum Gasteiger partial charge on any atom is 0.241 e. The molecule has 0 aliphatic carbocycles. The van der Waals surface area contributed by atoms with Crippen LogP contribution in [0.4, 0.5) is 0 Å². The fourth-order valence-electron chi connectivity index (χ4n) is 2.00. The Kier molecular flexibility index (Phi) is 4.84. The predicted molar refractivity (Wildman–Crippen MR) is 76.0 cm³/mol. The Morgan fingerprint density at radius 3 is 2.90 bits per heavy atom. The Labute approximate surface area is 118 Å². The van der Waals surface area contributed by atoms with E-state index < -0.39 is 0 Å². The van der Waals surface area contributed by atoms with Crippen LogP contribution in [0.1, 0.15) is 17.3 Å². The van der Waals surface area contributed by atoms with E-state index in [1.54, 1.807) is 24.1 Å². The molecule has 1 unspecified atom stereocenters. The molecule has 0 fully saturated rings. The van der Waals surface area contributed by atoms with Crippen LogP contribution in [0, 0.1) is 0 Å². The average molecular weight is 273 g/mol. The highest BCUT2D eigenvalue weighted by atomic mass is 16.2. The van der Waals surface area contributed by atoms with Gasteiger partial charge in [-0.1, -0.05) is 6.07 Å². The van der Waals surface area contributed by atoms with Crippen molar-refractivity contribution in [3.05, 3.63) is 48.0 Å². The number of nitrogens with one attached hydrogen (secondary N) is 2. The van der Waals surface area contributed by atoms with Crippen molar-refractivity contribution in [3.63, 3.8) is 0 Å². The van der Waals surface area contributed by atoms with Crippen LogP contribution in [-0.4, -0.2) is 34.3 Å². The lowest BCUT2D eigenvalue weighted by atomic mass is 10.1. The van der Waals surface area contributed by atoms with Crippen molar-refractivity contribution in [2.45, 2.75) is 12.5 Å². The number of nitrogens with zero attached hydrogens (tertiary/aromatic N) is 3. The average Bonchev–Trinajstić information content (AvgIpc) is 2.87. The minimum Gasteiger partial charge on any atom is -0.354 e. The smallest absolute Gasteiger partial charge is 0.241 e. The number of carbonyl (C=O) groups excluding carboxylic acids is 1. The highest BCUT2D eigenvalue weighted by Gasteiger charge is 2.19. The molecule has 6 nitrogen and oxygen atoms in total. The van der Waals surface area contributed by atoms with Gasteiger partial charge >= 0.3 is 0 Å². The van der Waals surface area contributed by atoms with Gasteiger partial charge in [-0.15, -0.1) is 0 Å². The first-order chi connectivity index (χ1) is 9.70. The van der Waals surface area contributed by atoms with Gasteiger partial charge in [0.05, 0.1) is 6.20 Å². The van der Waals surface area contributed by atoms with E-state index in [-0.39, 0.29) is 11.9 Å². The SMILES string of the molecule is CNC(C(=O)NCCc1ccccn1)c1cnn(C)c1. The summed E-state index contributed by atoms with van der Waals surface area (Å²) >= 11 is 0. The van der Waals surface area contributed by atoms with Crippen LogP contribution in [-0.2, 0) is 18.3 Å². The lowest BCUT2D eigenvalue weighted by molar-refractivity contribution is -0.123. The molecule has 2 N–H and O–H groups in total. The molecule has 20 heavy (non-hydrogen) atoms. The maximum atomic E-state index is 12.1. The summed E-state index contributed by atoms with van der Waals surface area (Å²) in [5.74, 6) is -0.0589. The zero-order chi connectivity index (χ0) is 14.4. The number of likely N-dealkylation sites (N-methyl/N-ethyl adjacent to an activating group) is 1. The minimum atomic E-state index is -0.382.